The van der Waals surface area contributed by atoms with E-state index in [1.54, 1.807) is 0 Å². The molecule has 4 N–H and O–H groups in total. The summed E-state index contributed by atoms with van der Waals surface area (Å²) in [4.78, 5) is 0. The Kier molecular flexibility index (Phi) is 10.5. The summed E-state index contributed by atoms with van der Waals surface area (Å²) in [6.45, 7) is 0. The molecule has 0 aromatic carbocycles. The fraction of sp³-hybridized carbons (Fsp3) is 0. The fourth-order valence-electron chi connectivity index (χ4n) is 0. The van der Waals surface area contributed by atoms with Gasteiger partial charge in [-0.05, 0) is 0 Å². The van der Waals surface area contributed by atoms with Gasteiger partial charge in [0.1, 0.15) is 0 Å². The zero-order chi connectivity index (χ0) is 4.50. The van der Waals surface area contributed by atoms with Gasteiger partial charge in [-0.1, -0.05) is 0 Å². The number of hydrogen-bond donors (Lipinski definition) is 1. The van der Waals surface area contributed by atoms with Crippen molar-refractivity contribution in [3.05, 3.63) is 0 Å². The van der Waals surface area contributed by atoms with Crippen molar-refractivity contribution in [3.63, 3.8) is 0 Å². The molecule has 5 nitrogen and oxygen atoms in total. The predicted octanol–water partition coefficient (Wildman–Crippen LogP) is -0.964. The molecule has 0 amide bonds. The number of quaternary nitrogens is 1. The zero-order valence-corrected chi connectivity index (χ0v) is 5.92. The van der Waals surface area contributed by atoms with Gasteiger partial charge in [-0.2, -0.15) is 0 Å². The first kappa shape index (κ1) is 15.6. The predicted molar refractivity (Wildman–Crippen MR) is 16.5 cm³/mol. The summed E-state index contributed by atoms with van der Waals surface area (Å²) >= 11 is 0. The van der Waals surface area contributed by atoms with Crippen molar-refractivity contribution in [2.75, 3.05) is 0 Å². The second kappa shape index (κ2) is 4.70. The Balaban J connectivity index is -0.0000000800. The molecule has 0 aromatic heterocycles. The summed E-state index contributed by atoms with van der Waals surface area (Å²) in [6, 6.07) is 0. The monoisotopic (exact) mass is 162 g/mol. The van der Waals surface area contributed by atoms with E-state index in [0.29, 0.717) is 0 Å². The van der Waals surface area contributed by atoms with Crippen molar-refractivity contribution in [2.24, 2.45) is 0 Å². The molecule has 0 aliphatic rings. The maximum atomic E-state index is 8.52. The van der Waals surface area contributed by atoms with Crippen LogP contribution in [-0.2, 0) is 32.1 Å². The molecular weight excluding hydrogens is 158 g/mol. The first-order valence-corrected chi connectivity index (χ1v) is 2.00. The first-order chi connectivity index (χ1) is 2.00. The largest absolute Gasteiger partial charge is 2.00 e. The van der Waals surface area contributed by atoms with Crippen LogP contribution < -0.4 is 6.15 Å². The van der Waals surface area contributed by atoms with Crippen LogP contribution in [0, 0.1) is 0 Å². The maximum absolute atomic E-state index is 8.52. The Morgan fingerprint density at radius 3 is 1.14 bits per heavy atom. The van der Waals surface area contributed by atoms with E-state index in [9.17, 15) is 0 Å². The van der Waals surface area contributed by atoms with Gasteiger partial charge in [0.25, 0.3) is 0 Å². The van der Waals surface area contributed by atoms with Gasteiger partial charge < -0.3 is 15.3 Å². The third-order valence-corrected chi connectivity index (χ3v) is 0. The minimum absolute atomic E-state index is 0. The van der Waals surface area contributed by atoms with Gasteiger partial charge in [0, 0.05) is 10.4 Å². The van der Waals surface area contributed by atoms with Crippen molar-refractivity contribution in [1.29, 1.82) is 0 Å². The molecule has 0 radical (unpaired) electrons. The van der Waals surface area contributed by atoms with Crippen molar-refractivity contribution in [2.45, 2.75) is 0 Å². The molecule has 42 valence electrons. The van der Waals surface area contributed by atoms with Crippen molar-refractivity contribution in [3.8, 4) is 0 Å². The van der Waals surface area contributed by atoms with Gasteiger partial charge in [-0.15, -0.1) is 0 Å². The van der Waals surface area contributed by atoms with Crippen molar-refractivity contribution >= 4 is 10.4 Å². The average Bonchev–Trinajstić information content (AvgIpc) is 0.722. The first-order valence-electron chi connectivity index (χ1n) is 0.667. The van der Waals surface area contributed by atoms with Gasteiger partial charge in [0.05, 0.1) is 0 Å². The molecule has 7 heteroatoms. The van der Waals surface area contributed by atoms with E-state index in [0.717, 1.165) is 0 Å². The molecule has 0 spiro atoms. The molecule has 0 aliphatic heterocycles. The summed E-state index contributed by atoms with van der Waals surface area (Å²) in [5.41, 5.74) is 0. The van der Waals surface area contributed by atoms with Crippen molar-refractivity contribution < 1.29 is 39.2 Å². The normalized spacial score (nSPS) is 8.29. The third-order valence-electron chi connectivity index (χ3n) is 0. The number of hydrogen-bond acceptors (Lipinski definition) is 4. The van der Waals surface area contributed by atoms with Crippen LogP contribution in [-0.4, -0.2) is 17.5 Å². The average molecular weight is 162 g/mol. The molecule has 0 bridgehead atoms. The van der Waals surface area contributed by atoms with E-state index in [4.69, 9.17) is 17.5 Å². The van der Waals surface area contributed by atoms with Crippen LogP contribution in [0.3, 0.4) is 0 Å². The van der Waals surface area contributed by atoms with Crippen molar-refractivity contribution in [1.82, 2.24) is 6.15 Å². The minimum atomic E-state index is -5.17. The Bertz CT molecular complexity index is 94.9. The third kappa shape index (κ3) is 456. The SMILES string of the molecule is O=S(=O)([O-])[O-].[NH4+].[Ti+2]. The van der Waals surface area contributed by atoms with E-state index < -0.39 is 10.4 Å². The molecule has 0 saturated heterocycles. The van der Waals surface area contributed by atoms with E-state index in [1.807, 2.05) is 0 Å². The summed E-state index contributed by atoms with van der Waals surface area (Å²) < 4.78 is 34.1. The van der Waals surface area contributed by atoms with Crippen LogP contribution >= 0.6 is 0 Å². The van der Waals surface area contributed by atoms with Crippen LogP contribution in [0.4, 0.5) is 0 Å². The summed E-state index contributed by atoms with van der Waals surface area (Å²) in [6.07, 6.45) is 0. The molecule has 0 atom stereocenters. The molecule has 0 rings (SSSR count). The van der Waals surface area contributed by atoms with E-state index >= 15 is 0 Å². The second-order valence-electron chi connectivity index (χ2n) is 0.408. The molecule has 0 unspecified atom stereocenters. The Labute approximate surface area is 56.1 Å². The zero-order valence-electron chi connectivity index (χ0n) is 3.54. The summed E-state index contributed by atoms with van der Waals surface area (Å²) in [5.74, 6) is 0. The summed E-state index contributed by atoms with van der Waals surface area (Å²) in [5, 5.41) is 0. The minimum Gasteiger partial charge on any atom is -0.759 e. The molecule has 0 aliphatic carbocycles. The maximum Gasteiger partial charge on any atom is 2.00 e. The number of rotatable bonds is 0. The van der Waals surface area contributed by atoms with Crippen LogP contribution in [0.5, 0.6) is 0 Å². The van der Waals surface area contributed by atoms with Gasteiger partial charge in [0.2, 0.25) is 0 Å². The van der Waals surface area contributed by atoms with E-state index in [2.05, 4.69) is 0 Å². The molecule has 0 aromatic rings. The summed E-state index contributed by atoms with van der Waals surface area (Å²) in [7, 11) is -5.17. The fourth-order valence-corrected chi connectivity index (χ4v) is 0. The van der Waals surface area contributed by atoms with Gasteiger partial charge in [-0.25, -0.2) is 0 Å². The van der Waals surface area contributed by atoms with Crippen LogP contribution in [0.2, 0.25) is 0 Å². The van der Waals surface area contributed by atoms with Gasteiger partial charge in [0.15, 0.2) is 0 Å². The standard InChI is InChI=1S/H3N.H2O4S.Ti/c;1-5(2,3)4;/h1H3;(H2,1,2,3,4);/q;;+2/p-1. The Morgan fingerprint density at radius 2 is 1.14 bits per heavy atom. The van der Waals surface area contributed by atoms with Crippen LogP contribution in [0.15, 0.2) is 0 Å². The van der Waals surface area contributed by atoms with E-state index in [1.165, 1.54) is 0 Å². The second-order valence-corrected chi connectivity index (χ2v) is 1.22. The Morgan fingerprint density at radius 1 is 1.14 bits per heavy atom. The van der Waals surface area contributed by atoms with E-state index in [-0.39, 0.29) is 27.9 Å². The smallest absolute Gasteiger partial charge is 0.759 e. The van der Waals surface area contributed by atoms with Gasteiger partial charge in [-0.3, -0.25) is 8.42 Å². The topological polar surface area (TPSA) is 117 Å². The van der Waals surface area contributed by atoms with Crippen LogP contribution in [0.25, 0.3) is 0 Å². The van der Waals surface area contributed by atoms with Crippen LogP contribution in [0.1, 0.15) is 0 Å². The quantitative estimate of drug-likeness (QED) is 0.280. The molecule has 7 heavy (non-hydrogen) atoms. The molecule has 0 fully saturated rings. The molecule has 0 heterocycles. The van der Waals surface area contributed by atoms with Gasteiger partial charge >= 0.3 is 21.7 Å². The molecular formula is H4NO4STi+. The molecule has 0 saturated carbocycles. The Hall–Kier alpha value is 0.544.